The first-order chi connectivity index (χ1) is 13.0. The Labute approximate surface area is 161 Å². The van der Waals surface area contributed by atoms with Gasteiger partial charge in [0.15, 0.2) is 0 Å². The van der Waals surface area contributed by atoms with Crippen LogP contribution >= 0.6 is 0 Å². The fourth-order valence-corrected chi connectivity index (χ4v) is 3.67. The maximum Gasteiger partial charge on any atom is 0.242 e. The Balaban J connectivity index is 1.66. The molecule has 0 aliphatic carbocycles. The number of amides is 2. The first kappa shape index (κ1) is 19.0. The Morgan fingerprint density at radius 1 is 0.889 bits per heavy atom. The van der Waals surface area contributed by atoms with Gasteiger partial charge in [0.05, 0.1) is 5.69 Å². The van der Waals surface area contributed by atoms with Crippen molar-refractivity contribution in [3.05, 3.63) is 59.7 Å². The minimum atomic E-state index is -0.108. The average molecular weight is 365 g/mol. The molecule has 1 aliphatic rings. The van der Waals surface area contributed by atoms with Gasteiger partial charge in [0, 0.05) is 38.8 Å². The molecule has 1 aliphatic heterocycles. The van der Waals surface area contributed by atoms with Gasteiger partial charge in [0.25, 0.3) is 0 Å². The van der Waals surface area contributed by atoms with E-state index in [4.69, 9.17) is 0 Å². The quantitative estimate of drug-likeness (QED) is 0.837. The highest BCUT2D eigenvalue weighted by molar-refractivity contribution is 5.98. The summed E-state index contributed by atoms with van der Waals surface area (Å²) < 4.78 is 0. The van der Waals surface area contributed by atoms with Crippen molar-refractivity contribution >= 4 is 23.2 Å². The van der Waals surface area contributed by atoms with Crippen LogP contribution in [0.2, 0.25) is 0 Å². The molecule has 0 bridgehead atoms. The van der Waals surface area contributed by atoms with Crippen molar-refractivity contribution in [1.29, 1.82) is 0 Å². The van der Waals surface area contributed by atoms with Crippen LogP contribution in [0.1, 0.15) is 18.1 Å². The molecule has 5 nitrogen and oxygen atoms in total. The first-order valence-electron chi connectivity index (χ1n) is 9.39. The maximum absolute atomic E-state index is 12.9. The van der Waals surface area contributed by atoms with Gasteiger partial charge >= 0.3 is 0 Å². The monoisotopic (exact) mass is 365 g/mol. The predicted molar refractivity (Wildman–Crippen MR) is 109 cm³/mol. The van der Waals surface area contributed by atoms with Crippen LogP contribution in [-0.2, 0) is 9.59 Å². The highest BCUT2D eigenvalue weighted by Crippen LogP contribution is 2.25. The molecule has 2 aromatic rings. The second kappa shape index (κ2) is 8.25. The zero-order chi connectivity index (χ0) is 19.4. The van der Waals surface area contributed by atoms with Gasteiger partial charge in [-0.2, -0.15) is 0 Å². The Morgan fingerprint density at radius 2 is 1.48 bits per heavy atom. The van der Waals surface area contributed by atoms with E-state index in [1.165, 1.54) is 12.6 Å². The predicted octanol–water partition coefficient (Wildman–Crippen LogP) is 3.01. The van der Waals surface area contributed by atoms with E-state index in [9.17, 15) is 9.59 Å². The molecular formula is C22H27N3O2. The zero-order valence-corrected chi connectivity index (χ0v) is 16.3. The van der Waals surface area contributed by atoms with Crippen LogP contribution in [0.25, 0.3) is 0 Å². The summed E-state index contributed by atoms with van der Waals surface area (Å²) in [6.07, 6.45) is 0. The van der Waals surface area contributed by atoms with Gasteiger partial charge in [0.1, 0.15) is 6.54 Å². The van der Waals surface area contributed by atoms with E-state index in [-0.39, 0.29) is 18.4 Å². The SMILES string of the molecule is CC(=O)N(CC(=O)N1CCN(c2ccccc2)CC1)c1c(C)cccc1C. The molecule has 0 saturated carbocycles. The van der Waals surface area contributed by atoms with Crippen molar-refractivity contribution in [2.75, 3.05) is 42.5 Å². The Kier molecular flexibility index (Phi) is 5.79. The van der Waals surface area contributed by atoms with Crippen LogP contribution in [0.5, 0.6) is 0 Å². The molecule has 0 radical (unpaired) electrons. The van der Waals surface area contributed by atoms with Gasteiger partial charge in [-0.15, -0.1) is 0 Å². The lowest BCUT2D eigenvalue weighted by Gasteiger charge is -2.37. The normalized spacial score (nSPS) is 14.2. The van der Waals surface area contributed by atoms with E-state index in [0.29, 0.717) is 13.1 Å². The third-order valence-corrected chi connectivity index (χ3v) is 5.14. The average Bonchev–Trinajstić information content (AvgIpc) is 2.67. The number of carbonyl (C=O) groups excluding carboxylic acids is 2. The highest BCUT2D eigenvalue weighted by atomic mass is 16.2. The van der Waals surface area contributed by atoms with Crippen molar-refractivity contribution in [1.82, 2.24) is 4.90 Å². The molecule has 0 atom stereocenters. The summed E-state index contributed by atoms with van der Waals surface area (Å²) in [4.78, 5) is 30.9. The van der Waals surface area contributed by atoms with Crippen LogP contribution < -0.4 is 9.80 Å². The third kappa shape index (κ3) is 4.30. The summed E-state index contributed by atoms with van der Waals surface area (Å²) >= 11 is 0. The number of benzene rings is 2. The molecule has 27 heavy (non-hydrogen) atoms. The maximum atomic E-state index is 12.9. The summed E-state index contributed by atoms with van der Waals surface area (Å²) in [6, 6.07) is 16.2. The van der Waals surface area contributed by atoms with Gasteiger partial charge in [-0.1, -0.05) is 36.4 Å². The van der Waals surface area contributed by atoms with Crippen molar-refractivity contribution < 1.29 is 9.59 Å². The number of hydrogen-bond acceptors (Lipinski definition) is 3. The highest BCUT2D eigenvalue weighted by Gasteiger charge is 2.25. The lowest BCUT2D eigenvalue weighted by atomic mass is 10.1. The summed E-state index contributed by atoms with van der Waals surface area (Å²) in [5.74, 6) is -0.107. The number of piperazine rings is 1. The topological polar surface area (TPSA) is 43.9 Å². The summed E-state index contributed by atoms with van der Waals surface area (Å²) in [5, 5.41) is 0. The van der Waals surface area contributed by atoms with E-state index in [0.717, 1.165) is 29.9 Å². The largest absolute Gasteiger partial charge is 0.368 e. The van der Waals surface area contributed by atoms with Gasteiger partial charge in [0.2, 0.25) is 11.8 Å². The summed E-state index contributed by atoms with van der Waals surface area (Å²) in [5.41, 5.74) is 4.05. The minimum Gasteiger partial charge on any atom is -0.368 e. The molecule has 3 rings (SSSR count). The van der Waals surface area contributed by atoms with Crippen molar-refractivity contribution in [3.8, 4) is 0 Å². The second-order valence-corrected chi connectivity index (χ2v) is 7.05. The summed E-state index contributed by atoms with van der Waals surface area (Å²) in [6.45, 7) is 8.51. The Bertz CT molecular complexity index is 791. The van der Waals surface area contributed by atoms with E-state index in [2.05, 4.69) is 17.0 Å². The lowest BCUT2D eigenvalue weighted by Crippen LogP contribution is -2.52. The van der Waals surface area contributed by atoms with Crippen LogP contribution in [0.3, 0.4) is 0 Å². The molecule has 2 aromatic carbocycles. The number of aryl methyl sites for hydroxylation is 2. The fourth-order valence-electron chi connectivity index (χ4n) is 3.67. The van der Waals surface area contributed by atoms with Gasteiger partial charge in [-0.25, -0.2) is 0 Å². The Morgan fingerprint density at radius 3 is 2.04 bits per heavy atom. The molecular weight excluding hydrogens is 338 g/mol. The van der Waals surface area contributed by atoms with E-state index in [1.54, 1.807) is 4.90 Å². The number of nitrogens with zero attached hydrogens (tertiary/aromatic N) is 3. The Hall–Kier alpha value is -2.82. The molecule has 0 spiro atoms. The zero-order valence-electron chi connectivity index (χ0n) is 16.3. The molecule has 2 amide bonds. The van der Waals surface area contributed by atoms with E-state index in [1.807, 2.05) is 55.1 Å². The van der Waals surface area contributed by atoms with Crippen LogP contribution in [0, 0.1) is 13.8 Å². The van der Waals surface area contributed by atoms with Gasteiger partial charge in [-0.05, 0) is 37.1 Å². The minimum absolute atomic E-state index is 0.000523. The second-order valence-electron chi connectivity index (χ2n) is 7.05. The van der Waals surface area contributed by atoms with Crippen LogP contribution in [0.15, 0.2) is 48.5 Å². The molecule has 5 heteroatoms. The van der Waals surface area contributed by atoms with Crippen molar-refractivity contribution in [2.24, 2.45) is 0 Å². The van der Waals surface area contributed by atoms with Crippen LogP contribution in [-0.4, -0.2) is 49.4 Å². The smallest absolute Gasteiger partial charge is 0.242 e. The van der Waals surface area contributed by atoms with Gasteiger partial charge in [-0.3, -0.25) is 9.59 Å². The first-order valence-corrected chi connectivity index (χ1v) is 9.39. The molecule has 0 unspecified atom stereocenters. The fraction of sp³-hybridized carbons (Fsp3) is 0.364. The lowest BCUT2D eigenvalue weighted by molar-refractivity contribution is -0.131. The molecule has 1 saturated heterocycles. The van der Waals surface area contributed by atoms with E-state index < -0.39 is 0 Å². The third-order valence-electron chi connectivity index (χ3n) is 5.14. The molecule has 1 heterocycles. The molecule has 142 valence electrons. The molecule has 0 aromatic heterocycles. The van der Waals surface area contributed by atoms with E-state index >= 15 is 0 Å². The standard InChI is InChI=1S/C22H27N3O2/c1-17-8-7-9-18(2)22(17)25(19(3)26)16-21(27)24-14-12-23(13-15-24)20-10-5-4-6-11-20/h4-11H,12-16H2,1-3H3. The summed E-state index contributed by atoms with van der Waals surface area (Å²) in [7, 11) is 0. The van der Waals surface area contributed by atoms with Crippen molar-refractivity contribution in [2.45, 2.75) is 20.8 Å². The number of carbonyl (C=O) groups is 2. The van der Waals surface area contributed by atoms with Crippen LogP contribution in [0.4, 0.5) is 11.4 Å². The molecule has 1 fully saturated rings. The van der Waals surface area contributed by atoms with Crippen molar-refractivity contribution in [3.63, 3.8) is 0 Å². The molecule has 0 N–H and O–H groups in total. The van der Waals surface area contributed by atoms with Gasteiger partial charge < -0.3 is 14.7 Å². The number of hydrogen-bond donors (Lipinski definition) is 0. The number of rotatable bonds is 4. The number of para-hydroxylation sites is 2. The number of anilines is 2.